The van der Waals surface area contributed by atoms with Gasteiger partial charge >= 0.3 is 0 Å². The van der Waals surface area contributed by atoms with Crippen LogP contribution in [-0.4, -0.2) is 41.9 Å². The van der Waals surface area contributed by atoms with Gasteiger partial charge in [0.05, 0.1) is 12.5 Å². The Bertz CT molecular complexity index is 452. The van der Waals surface area contributed by atoms with Crippen molar-refractivity contribution in [1.82, 2.24) is 9.80 Å². The van der Waals surface area contributed by atoms with Gasteiger partial charge in [0.1, 0.15) is 6.04 Å². The zero-order valence-electron chi connectivity index (χ0n) is 10.5. The summed E-state index contributed by atoms with van der Waals surface area (Å²) in [5, 5.41) is 8.78. The number of carbonyl (C=O) groups excluding carboxylic acids is 1. The highest BCUT2D eigenvalue weighted by atomic mass is 16.2. The molecule has 1 fully saturated rings. The molecule has 0 aromatic heterocycles. The Labute approximate surface area is 107 Å². The van der Waals surface area contributed by atoms with Gasteiger partial charge in [-0.2, -0.15) is 5.26 Å². The molecular formula is C14H17N3O. The highest BCUT2D eigenvalue weighted by Crippen LogP contribution is 2.15. The molecule has 1 aromatic carbocycles. The van der Waals surface area contributed by atoms with E-state index >= 15 is 0 Å². The van der Waals surface area contributed by atoms with E-state index in [9.17, 15) is 4.79 Å². The molecule has 4 nitrogen and oxygen atoms in total. The number of nitrogens with zero attached hydrogens (tertiary/aromatic N) is 3. The first-order valence-electron chi connectivity index (χ1n) is 6.12. The molecule has 1 amide bonds. The molecular weight excluding hydrogens is 226 g/mol. The molecule has 4 heteroatoms. The van der Waals surface area contributed by atoms with Crippen LogP contribution in [0.2, 0.25) is 0 Å². The summed E-state index contributed by atoms with van der Waals surface area (Å²) in [6, 6.07) is 11.8. The Kier molecular flexibility index (Phi) is 3.96. The monoisotopic (exact) mass is 243 g/mol. The number of nitriles is 1. The summed E-state index contributed by atoms with van der Waals surface area (Å²) in [4.78, 5) is 16.1. The van der Waals surface area contributed by atoms with Gasteiger partial charge in [0, 0.05) is 19.6 Å². The second kappa shape index (κ2) is 5.65. The molecule has 1 aromatic rings. The molecule has 0 saturated carbocycles. The molecule has 1 saturated heterocycles. The molecule has 1 aliphatic heterocycles. The van der Waals surface area contributed by atoms with E-state index in [1.54, 1.807) is 0 Å². The minimum Gasteiger partial charge on any atom is -0.336 e. The average Bonchev–Trinajstić information content (AvgIpc) is 2.39. The number of hydrogen-bond donors (Lipinski definition) is 0. The van der Waals surface area contributed by atoms with E-state index in [-0.39, 0.29) is 18.4 Å². The first kappa shape index (κ1) is 12.6. The van der Waals surface area contributed by atoms with Gasteiger partial charge in [-0.1, -0.05) is 30.3 Å². The number of carbonyl (C=O) groups is 1. The van der Waals surface area contributed by atoms with Gasteiger partial charge in [-0.15, -0.1) is 0 Å². The van der Waals surface area contributed by atoms with Crippen LogP contribution in [0.25, 0.3) is 0 Å². The Balaban J connectivity index is 2.06. The number of hydrogen-bond acceptors (Lipinski definition) is 3. The Morgan fingerprint density at radius 3 is 2.72 bits per heavy atom. The summed E-state index contributed by atoms with van der Waals surface area (Å²) in [5.41, 5.74) is 1.13. The van der Waals surface area contributed by atoms with E-state index in [0.717, 1.165) is 18.7 Å². The summed E-state index contributed by atoms with van der Waals surface area (Å²) >= 11 is 0. The molecule has 0 spiro atoms. The second-order valence-corrected chi connectivity index (χ2v) is 4.60. The highest BCUT2D eigenvalue weighted by Gasteiger charge is 2.32. The number of amides is 1. The molecule has 2 rings (SSSR count). The SMILES string of the molecule is CN1CCN(Cc2ccccc2)C(=O)C1CC#N. The zero-order valence-corrected chi connectivity index (χ0v) is 10.5. The third-order valence-corrected chi connectivity index (χ3v) is 3.35. The van der Waals surface area contributed by atoms with Crippen LogP contribution < -0.4 is 0 Å². The number of benzene rings is 1. The summed E-state index contributed by atoms with van der Waals surface area (Å²) in [5.74, 6) is 0.0640. The maximum atomic E-state index is 12.3. The molecule has 1 aliphatic rings. The molecule has 0 aliphatic carbocycles. The predicted molar refractivity (Wildman–Crippen MR) is 68.5 cm³/mol. The van der Waals surface area contributed by atoms with Gasteiger partial charge in [0.15, 0.2) is 0 Å². The summed E-state index contributed by atoms with van der Waals surface area (Å²) in [6.07, 6.45) is 0.265. The molecule has 0 bridgehead atoms. The summed E-state index contributed by atoms with van der Waals surface area (Å²) in [6.45, 7) is 2.19. The fraction of sp³-hybridized carbons (Fsp3) is 0.429. The standard InChI is InChI=1S/C14H17N3O/c1-16-9-10-17(14(18)13(16)7-8-15)11-12-5-3-2-4-6-12/h2-6,13H,7,9-11H2,1H3. The second-order valence-electron chi connectivity index (χ2n) is 4.60. The van der Waals surface area contributed by atoms with E-state index in [2.05, 4.69) is 6.07 Å². The van der Waals surface area contributed by atoms with E-state index in [4.69, 9.17) is 5.26 Å². The first-order valence-corrected chi connectivity index (χ1v) is 6.12. The largest absolute Gasteiger partial charge is 0.336 e. The number of piperazine rings is 1. The van der Waals surface area contributed by atoms with Crippen LogP contribution in [0, 0.1) is 11.3 Å². The lowest BCUT2D eigenvalue weighted by molar-refractivity contribution is -0.141. The average molecular weight is 243 g/mol. The topological polar surface area (TPSA) is 47.3 Å². The molecule has 1 unspecified atom stereocenters. The summed E-state index contributed by atoms with van der Waals surface area (Å²) in [7, 11) is 1.90. The third-order valence-electron chi connectivity index (χ3n) is 3.35. The molecule has 0 N–H and O–H groups in total. The van der Waals surface area contributed by atoms with Crippen molar-refractivity contribution in [2.75, 3.05) is 20.1 Å². The van der Waals surface area contributed by atoms with Crippen LogP contribution in [0.15, 0.2) is 30.3 Å². The van der Waals surface area contributed by atoms with Gasteiger partial charge < -0.3 is 4.90 Å². The number of likely N-dealkylation sites (N-methyl/N-ethyl adjacent to an activating group) is 1. The Morgan fingerprint density at radius 1 is 1.33 bits per heavy atom. The van der Waals surface area contributed by atoms with Gasteiger partial charge in [-0.05, 0) is 12.6 Å². The van der Waals surface area contributed by atoms with Crippen molar-refractivity contribution in [2.24, 2.45) is 0 Å². The summed E-state index contributed by atoms with van der Waals surface area (Å²) < 4.78 is 0. The Morgan fingerprint density at radius 2 is 2.06 bits per heavy atom. The molecule has 0 radical (unpaired) electrons. The van der Waals surface area contributed by atoms with E-state index in [0.29, 0.717) is 6.54 Å². The van der Waals surface area contributed by atoms with Crippen LogP contribution in [0.5, 0.6) is 0 Å². The highest BCUT2D eigenvalue weighted by molar-refractivity contribution is 5.82. The fourth-order valence-electron chi connectivity index (χ4n) is 2.23. The van der Waals surface area contributed by atoms with Gasteiger partial charge in [-0.25, -0.2) is 0 Å². The molecule has 1 atom stereocenters. The molecule has 94 valence electrons. The Hall–Kier alpha value is -1.86. The van der Waals surface area contributed by atoms with Crippen LogP contribution in [0.1, 0.15) is 12.0 Å². The minimum atomic E-state index is -0.285. The van der Waals surface area contributed by atoms with Crippen molar-refractivity contribution in [3.05, 3.63) is 35.9 Å². The van der Waals surface area contributed by atoms with Crippen LogP contribution in [0.3, 0.4) is 0 Å². The smallest absolute Gasteiger partial charge is 0.241 e. The van der Waals surface area contributed by atoms with Crippen LogP contribution >= 0.6 is 0 Å². The zero-order chi connectivity index (χ0) is 13.0. The predicted octanol–water partition coefficient (Wildman–Crippen LogP) is 1.24. The quantitative estimate of drug-likeness (QED) is 0.802. The lowest BCUT2D eigenvalue weighted by atomic mass is 10.1. The normalized spacial score (nSPS) is 20.8. The minimum absolute atomic E-state index is 0.0640. The third kappa shape index (κ3) is 2.69. The van der Waals surface area contributed by atoms with E-state index in [1.165, 1.54) is 0 Å². The van der Waals surface area contributed by atoms with E-state index < -0.39 is 0 Å². The lowest BCUT2D eigenvalue weighted by Crippen LogP contribution is -2.54. The van der Waals surface area contributed by atoms with Crippen LogP contribution in [0.4, 0.5) is 0 Å². The van der Waals surface area contributed by atoms with Crippen molar-refractivity contribution in [3.8, 4) is 6.07 Å². The number of rotatable bonds is 3. The maximum absolute atomic E-state index is 12.3. The van der Waals surface area contributed by atoms with Crippen molar-refractivity contribution in [1.29, 1.82) is 5.26 Å². The molecule has 1 heterocycles. The van der Waals surface area contributed by atoms with Gasteiger partial charge in [-0.3, -0.25) is 9.69 Å². The van der Waals surface area contributed by atoms with Gasteiger partial charge in [0.25, 0.3) is 0 Å². The van der Waals surface area contributed by atoms with E-state index in [1.807, 2.05) is 47.2 Å². The van der Waals surface area contributed by atoms with Crippen LogP contribution in [-0.2, 0) is 11.3 Å². The first-order chi connectivity index (χ1) is 8.72. The lowest BCUT2D eigenvalue weighted by Gasteiger charge is -2.37. The van der Waals surface area contributed by atoms with Crippen molar-refractivity contribution in [2.45, 2.75) is 19.0 Å². The maximum Gasteiger partial charge on any atom is 0.241 e. The van der Waals surface area contributed by atoms with Crippen molar-refractivity contribution >= 4 is 5.91 Å². The van der Waals surface area contributed by atoms with Crippen molar-refractivity contribution < 1.29 is 4.79 Å². The van der Waals surface area contributed by atoms with Gasteiger partial charge in [0.2, 0.25) is 5.91 Å². The van der Waals surface area contributed by atoms with Crippen molar-refractivity contribution in [3.63, 3.8) is 0 Å². The molecule has 18 heavy (non-hydrogen) atoms. The fourth-order valence-corrected chi connectivity index (χ4v) is 2.23.